The molecule has 23 heavy (non-hydrogen) atoms. The number of likely N-dealkylation sites (tertiary alicyclic amines) is 1. The molecule has 0 radical (unpaired) electrons. The number of hydrogen-bond donors (Lipinski definition) is 3. The number of halogens is 1. The molecule has 7 heteroatoms. The van der Waals surface area contributed by atoms with E-state index in [0.29, 0.717) is 41.8 Å². The molecule has 0 aliphatic carbocycles. The van der Waals surface area contributed by atoms with Crippen LogP contribution in [0.1, 0.15) is 30.6 Å². The van der Waals surface area contributed by atoms with E-state index in [9.17, 15) is 9.59 Å². The normalized spacial score (nSPS) is 17.4. The van der Waals surface area contributed by atoms with Crippen molar-refractivity contribution in [3.8, 4) is 0 Å². The monoisotopic (exact) mass is 338 g/mol. The van der Waals surface area contributed by atoms with E-state index in [1.54, 1.807) is 23.1 Å². The zero-order chi connectivity index (χ0) is 17.0. The molecule has 0 bridgehead atoms. The van der Waals surface area contributed by atoms with Gasteiger partial charge in [0.25, 0.3) is 5.91 Å². The number of urea groups is 1. The van der Waals surface area contributed by atoms with Crippen molar-refractivity contribution in [2.45, 2.75) is 26.3 Å². The van der Waals surface area contributed by atoms with Crippen molar-refractivity contribution in [3.63, 3.8) is 0 Å². The largest absolute Gasteiger partial charge is 0.350 e. The van der Waals surface area contributed by atoms with E-state index in [0.717, 1.165) is 6.42 Å². The number of nitrogens with one attached hydrogen (secondary N) is 2. The van der Waals surface area contributed by atoms with Crippen molar-refractivity contribution in [2.24, 2.45) is 11.7 Å². The molecular weight excluding hydrogens is 316 g/mol. The molecule has 1 aliphatic rings. The van der Waals surface area contributed by atoms with E-state index >= 15 is 0 Å². The third-order valence-corrected chi connectivity index (χ3v) is 4.10. The lowest BCUT2D eigenvalue weighted by Gasteiger charge is -2.17. The molecule has 2 rings (SSSR count). The van der Waals surface area contributed by atoms with Crippen LogP contribution in [0.4, 0.5) is 10.5 Å². The number of hydrogen-bond acceptors (Lipinski definition) is 3. The van der Waals surface area contributed by atoms with E-state index in [2.05, 4.69) is 10.6 Å². The standard InChI is InChI=1S/C16H23ClN4O2/c1-10(2)19-15(22)13-4-3-12(7-14(13)17)20-16(23)21-6-5-11(8-18)9-21/h3-4,7,10-11H,5-6,8-9,18H2,1-2H3,(H,19,22)(H,20,23)/t11-/m1/s1. The van der Waals surface area contributed by atoms with Gasteiger partial charge in [-0.3, -0.25) is 4.79 Å². The summed E-state index contributed by atoms with van der Waals surface area (Å²) in [6.07, 6.45) is 0.930. The molecule has 1 aromatic rings. The van der Waals surface area contributed by atoms with Gasteiger partial charge in [0.15, 0.2) is 0 Å². The SMILES string of the molecule is CC(C)NC(=O)c1ccc(NC(=O)N2CC[C@H](CN)C2)cc1Cl. The number of benzene rings is 1. The second-order valence-electron chi connectivity index (χ2n) is 6.09. The third kappa shape index (κ3) is 4.59. The predicted molar refractivity (Wildman–Crippen MR) is 91.8 cm³/mol. The fourth-order valence-corrected chi connectivity index (χ4v) is 2.80. The van der Waals surface area contributed by atoms with Crippen LogP contribution in [-0.2, 0) is 0 Å². The molecule has 0 saturated carbocycles. The van der Waals surface area contributed by atoms with Gasteiger partial charge in [0.2, 0.25) is 0 Å². The molecule has 0 spiro atoms. The van der Waals surface area contributed by atoms with Gasteiger partial charge in [-0.25, -0.2) is 4.79 Å². The number of nitrogens with two attached hydrogens (primary N) is 1. The first-order valence-corrected chi connectivity index (χ1v) is 8.15. The number of carbonyl (C=O) groups is 2. The summed E-state index contributed by atoms with van der Waals surface area (Å²) in [4.78, 5) is 25.9. The van der Waals surface area contributed by atoms with Crippen LogP contribution in [-0.4, -0.2) is 42.5 Å². The summed E-state index contributed by atoms with van der Waals surface area (Å²) in [5, 5.41) is 5.90. The Morgan fingerprint density at radius 2 is 2.17 bits per heavy atom. The highest BCUT2D eigenvalue weighted by Gasteiger charge is 2.25. The lowest BCUT2D eigenvalue weighted by atomic mass is 10.1. The molecule has 1 saturated heterocycles. The van der Waals surface area contributed by atoms with Crippen molar-refractivity contribution < 1.29 is 9.59 Å². The van der Waals surface area contributed by atoms with Gasteiger partial charge in [-0.1, -0.05) is 11.6 Å². The van der Waals surface area contributed by atoms with Gasteiger partial charge in [-0.05, 0) is 50.9 Å². The minimum atomic E-state index is -0.229. The number of carbonyl (C=O) groups excluding carboxylic acids is 2. The van der Waals surface area contributed by atoms with Gasteiger partial charge < -0.3 is 21.3 Å². The molecule has 126 valence electrons. The first-order valence-electron chi connectivity index (χ1n) is 7.77. The number of rotatable bonds is 4. The van der Waals surface area contributed by atoms with Crippen LogP contribution in [0.3, 0.4) is 0 Å². The van der Waals surface area contributed by atoms with E-state index in [1.165, 1.54) is 0 Å². The lowest BCUT2D eigenvalue weighted by Crippen LogP contribution is -2.33. The van der Waals surface area contributed by atoms with Crippen LogP contribution in [0.25, 0.3) is 0 Å². The molecule has 1 aliphatic heterocycles. The number of anilines is 1. The van der Waals surface area contributed by atoms with Crippen LogP contribution in [0.15, 0.2) is 18.2 Å². The predicted octanol–water partition coefficient (Wildman–Crippen LogP) is 2.29. The average Bonchev–Trinajstić information content (AvgIpc) is 2.95. The van der Waals surface area contributed by atoms with Crippen molar-refractivity contribution in [3.05, 3.63) is 28.8 Å². The summed E-state index contributed by atoms with van der Waals surface area (Å²) < 4.78 is 0. The maximum absolute atomic E-state index is 12.2. The summed E-state index contributed by atoms with van der Waals surface area (Å²) in [7, 11) is 0. The quantitative estimate of drug-likeness (QED) is 0.787. The fraction of sp³-hybridized carbons (Fsp3) is 0.500. The number of nitrogens with zero attached hydrogens (tertiary/aromatic N) is 1. The Hall–Kier alpha value is -1.79. The molecular formula is C16H23ClN4O2. The highest BCUT2D eigenvalue weighted by atomic mass is 35.5. The van der Waals surface area contributed by atoms with Crippen molar-refractivity contribution in [1.29, 1.82) is 0 Å². The Kier molecular flexibility index (Phi) is 5.85. The first kappa shape index (κ1) is 17.6. The van der Waals surface area contributed by atoms with Gasteiger partial charge in [0.1, 0.15) is 0 Å². The second-order valence-corrected chi connectivity index (χ2v) is 6.50. The Morgan fingerprint density at radius 3 is 2.74 bits per heavy atom. The zero-order valence-electron chi connectivity index (χ0n) is 13.4. The van der Waals surface area contributed by atoms with Crippen LogP contribution >= 0.6 is 11.6 Å². The first-order chi connectivity index (χ1) is 10.9. The Balaban J connectivity index is 2.00. The topological polar surface area (TPSA) is 87.5 Å². The van der Waals surface area contributed by atoms with Crippen molar-refractivity contribution >= 4 is 29.2 Å². The summed E-state index contributed by atoms with van der Waals surface area (Å²) in [5.41, 5.74) is 6.59. The third-order valence-electron chi connectivity index (χ3n) is 3.79. The molecule has 6 nitrogen and oxygen atoms in total. The van der Waals surface area contributed by atoms with Crippen LogP contribution < -0.4 is 16.4 Å². The van der Waals surface area contributed by atoms with E-state index in [1.807, 2.05) is 13.8 Å². The Morgan fingerprint density at radius 1 is 1.43 bits per heavy atom. The molecule has 0 unspecified atom stereocenters. The minimum Gasteiger partial charge on any atom is -0.350 e. The maximum Gasteiger partial charge on any atom is 0.321 e. The van der Waals surface area contributed by atoms with Crippen molar-refractivity contribution in [2.75, 3.05) is 25.0 Å². The second kappa shape index (κ2) is 7.66. The van der Waals surface area contributed by atoms with E-state index in [-0.39, 0.29) is 18.0 Å². The molecule has 1 heterocycles. The minimum absolute atomic E-state index is 0.0311. The highest BCUT2D eigenvalue weighted by Crippen LogP contribution is 2.22. The van der Waals surface area contributed by atoms with Gasteiger partial charge in [-0.2, -0.15) is 0 Å². The van der Waals surface area contributed by atoms with Gasteiger partial charge in [0, 0.05) is 24.8 Å². The lowest BCUT2D eigenvalue weighted by molar-refractivity contribution is 0.0943. The molecule has 1 aromatic carbocycles. The fourth-order valence-electron chi connectivity index (χ4n) is 2.53. The summed E-state index contributed by atoms with van der Waals surface area (Å²) in [6, 6.07) is 4.74. The van der Waals surface area contributed by atoms with Gasteiger partial charge in [-0.15, -0.1) is 0 Å². The average molecular weight is 339 g/mol. The molecule has 3 amide bonds. The summed E-state index contributed by atoms with van der Waals surface area (Å²) >= 11 is 6.15. The smallest absolute Gasteiger partial charge is 0.321 e. The highest BCUT2D eigenvalue weighted by molar-refractivity contribution is 6.34. The van der Waals surface area contributed by atoms with Gasteiger partial charge >= 0.3 is 6.03 Å². The molecule has 1 atom stereocenters. The Labute approximate surface area is 141 Å². The summed E-state index contributed by atoms with van der Waals surface area (Å²) in [5.74, 6) is 0.139. The van der Waals surface area contributed by atoms with Crippen LogP contribution in [0, 0.1) is 5.92 Å². The Bertz CT molecular complexity index is 591. The molecule has 0 aromatic heterocycles. The molecule has 1 fully saturated rings. The number of amides is 3. The summed E-state index contributed by atoms with van der Waals surface area (Å²) in [6.45, 7) is 5.73. The maximum atomic E-state index is 12.2. The van der Waals surface area contributed by atoms with Crippen LogP contribution in [0.5, 0.6) is 0 Å². The van der Waals surface area contributed by atoms with Crippen molar-refractivity contribution in [1.82, 2.24) is 10.2 Å². The zero-order valence-corrected chi connectivity index (χ0v) is 14.2. The van der Waals surface area contributed by atoms with E-state index in [4.69, 9.17) is 17.3 Å². The van der Waals surface area contributed by atoms with E-state index < -0.39 is 0 Å². The molecule has 4 N–H and O–H groups in total. The van der Waals surface area contributed by atoms with Crippen LogP contribution in [0.2, 0.25) is 5.02 Å². The van der Waals surface area contributed by atoms with Gasteiger partial charge in [0.05, 0.1) is 10.6 Å².